The van der Waals surface area contributed by atoms with Crippen LogP contribution in [0.4, 0.5) is 5.69 Å². The molecule has 3 rings (SSSR count). The average molecular weight is 409 g/mol. The van der Waals surface area contributed by atoms with Gasteiger partial charge in [0.25, 0.3) is 0 Å². The van der Waals surface area contributed by atoms with Gasteiger partial charge in [0.15, 0.2) is 0 Å². The minimum atomic E-state index is -0.0624. The molecule has 7 heteroatoms. The molecule has 3 aromatic rings. The lowest BCUT2D eigenvalue weighted by Crippen LogP contribution is -2.23. The van der Waals surface area contributed by atoms with E-state index in [9.17, 15) is 4.79 Å². The zero-order valence-corrected chi connectivity index (χ0v) is 17.9. The van der Waals surface area contributed by atoms with Crippen LogP contribution in [0.5, 0.6) is 5.75 Å². The Hall–Kier alpha value is -3.35. The molecule has 0 unspecified atom stereocenters. The number of anilines is 1. The van der Waals surface area contributed by atoms with Crippen molar-refractivity contribution >= 4 is 11.6 Å². The molecule has 0 bridgehead atoms. The Bertz CT molecular complexity index is 947. The smallest absolute Gasteiger partial charge is 0.227 e. The van der Waals surface area contributed by atoms with Crippen LogP contribution < -0.4 is 15.0 Å². The highest BCUT2D eigenvalue weighted by molar-refractivity contribution is 5.76. The van der Waals surface area contributed by atoms with E-state index < -0.39 is 0 Å². The predicted octanol–water partition coefficient (Wildman–Crippen LogP) is 3.84. The largest absolute Gasteiger partial charge is 0.491 e. The van der Waals surface area contributed by atoms with Gasteiger partial charge < -0.3 is 19.5 Å². The second-order valence-corrected chi connectivity index (χ2v) is 7.54. The fourth-order valence-electron chi connectivity index (χ4n) is 2.85. The monoisotopic (exact) mass is 408 g/mol. The van der Waals surface area contributed by atoms with Gasteiger partial charge in [0.2, 0.25) is 17.6 Å². The topological polar surface area (TPSA) is 80.5 Å². The van der Waals surface area contributed by atoms with Crippen molar-refractivity contribution in [1.82, 2.24) is 15.5 Å². The molecule has 0 spiro atoms. The first-order valence-electron chi connectivity index (χ1n) is 10.0. The molecule has 1 aromatic heterocycles. The molecule has 0 aliphatic carbocycles. The fraction of sp³-hybridized carbons (Fsp3) is 0.348. The molecule has 0 saturated heterocycles. The minimum Gasteiger partial charge on any atom is -0.491 e. The van der Waals surface area contributed by atoms with Crippen LogP contribution in [0.1, 0.15) is 31.7 Å². The average Bonchev–Trinajstić information content (AvgIpc) is 3.20. The Morgan fingerprint density at radius 1 is 1.10 bits per heavy atom. The number of carbonyl (C=O) groups is 1. The molecule has 7 nitrogen and oxygen atoms in total. The Morgan fingerprint density at radius 2 is 1.80 bits per heavy atom. The first kappa shape index (κ1) is 21.4. The van der Waals surface area contributed by atoms with E-state index in [0.29, 0.717) is 24.7 Å². The van der Waals surface area contributed by atoms with Crippen LogP contribution in [-0.4, -0.2) is 36.2 Å². The normalized spacial score (nSPS) is 10.8. The molecule has 1 heterocycles. The van der Waals surface area contributed by atoms with Gasteiger partial charge in [-0.05, 0) is 55.8 Å². The maximum Gasteiger partial charge on any atom is 0.227 e. The van der Waals surface area contributed by atoms with Crippen molar-refractivity contribution in [3.05, 3.63) is 60.0 Å². The van der Waals surface area contributed by atoms with E-state index in [1.165, 1.54) is 0 Å². The molecule has 0 aliphatic rings. The Morgan fingerprint density at radius 3 is 2.43 bits per heavy atom. The third kappa shape index (κ3) is 6.07. The van der Waals surface area contributed by atoms with Gasteiger partial charge in [-0.1, -0.05) is 17.3 Å². The molecular weight excluding hydrogens is 380 g/mol. The van der Waals surface area contributed by atoms with Crippen molar-refractivity contribution in [3.63, 3.8) is 0 Å². The van der Waals surface area contributed by atoms with E-state index >= 15 is 0 Å². The van der Waals surface area contributed by atoms with Crippen molar-refractivity contribution in [2.45, 2.75) is 39.3 Å². The standard InChI is InChI=1S/C23H28N4O3/c1-16(2)29-20-11-5-17(6-12-20)15-24-21(28)13-14-22-25-23(26-30-22)18-7-9-19(10-8-18)27(3)4/h5-12,16H,13-15H2,1-4H3,(H,24,28). The Labute approximate surface area is 177 Å². The number of amides is 1. The number of aryl methyl sites for hydroxylation is 1. The van der Waals surface area contributed by atoms with Crippen molar-refractivity contribution in [2.24, 2.45) is 0 Å². The number of hydrogen-bond donors (Lipinski definition) is 1. The van der Waals surface area contributed by atoms with Crippen LogP contribution in [0, 0.1) is 0 Å². The van der Waals surface area contributed by atoms with Gasteiger partial charge in [-0.25, -0.2) is 0 Å². The van der Waals surface area contributed by atoms with Crippen molar-refractivity contribution in [3.8, 4) is 17.1 Å². The summed E-state index contributed by atoms with van der Waals surface area (Å²) >= 11 is 0. The molecule has 1 amide bonds. The number of nitrogens with one attached hydrogen (secondary N) is 1. The number of nitrogens with zero attached hydrogens (tertiary/aromatic N) is 3. The second kappa shape index (κ2) is 9.91. The molecule has 2 aromatic carbocycles. The molecule has 0 radical (unpaired) electrons. The lowest BCUT2D eigenvalue weighted by atomic mass is 10.2. The van der Waals surface area contributed by atoms with E-state index in [4.69, 9.17) is 9.26 Å². The van der Waals surface area contributed by atoms with Crippen molar-refractivity contribution < 1.29 is 14.1 Å². The number of hydrogen-bond acceptors (Lipinski definition) is 6. The van der Waals surface area contributed by atoms with Crippen LogP contribution in [0.3, 0.4) is 0 Å². The lowest BCUT2D eigenvalue weighted by Gasteiger charge is -2.11. The molecule has 0 atom stereocenters. The number of carbonyl (C=O) groups excluding carboxylic acids is 1. The van der Waals surface area contributed by atoms with Crippen LogP contribution in [-0.2, 0) is 17.8 Å². The van der Waals surface area contributed by atoms with Gasteiger partial charge >= 0.3 is 0 Å². The number of ether oxygens (including phenoxy) is 1. The highest BCUT2D eigenvalue weighted by Gasteiger charge is 2.11. The summed E-state index contributed by atoms with van der Waals surface area (Å²) in [5.74, 6) is 1.74. The Kier molecular flexibility index (Phi) is 7.06. The summed E-state index contributed by atoms with van der Waals surface area (Å²) in [4.78, 5) is 18.6. The first-order valence-corrected chi connectivity index (χ1v) is 10.0. The quantitative estimate of drug-likeness (QED) is 0.579. The number of benzene rings is 2. The summed E-state index contributed by atoms with van der Waals surface area (Å²) in [5, 5.41) is 6.93. The number of aromatic nitrogens is 2. The van der Waals surface area contributed by atoms with E-state index in [0.717, 1.165) is 22.6 Å². The van der Waals surface area contributed by atoms with Gasteiger partial charge in [-0.3, -0.25) is 4.79 Å². The van der Waals surface area contributed by atoms with Gasteiger partial charge in [-0.2, -0.15) is 4.98 Å². The molecule has 30 heavy (non-hydrogen) atoms. The zero-order valence-electron chi connectivity index (χ0n) is 17.9. The third-order valence-corrected chi connectivity index (χ3v) is 4.46. The highest BCUT2D eigenvalue weighted by atomic mass is 16.5. The third-order valence-electron chi connectivity index (χ3n) is 4.46. The van der Waals surface area contributed by atoms with E-state index in [2.05, 4.69) is 15.5 Å². The summed E-state index contributed by atoms with van der Waals surface area (Å²) in [7, 11) is 3.98. The van der Waals surface area contributed by atoms with Crippen LogP contribution in [0.25, 0.3) is 11.4 Å². The minimum absolute atomic E-state index is 0.0624. The molecule has 0 saturated carbocycles. The number of rotatable bonds is 9. The van der Waals surface area contributed by atoms with E-state index in [1.54, 1.807) is 0 Å². The first-order chi connectivity index (χ1) is 14.4. The molecule has 1 N–H and O–H groups in total. The van der Waals surface area contributed by atoms with Gasteiger partial charge in [0.05, 0.1) is 6.10 Å². The van der Waals surface area contributed by atoms with Gasteiger partial charge in [-0.15, -0.1) is 0 Å². The molecule has 0 fully saturated rings. The maximum atomic E-state index is 12.1. The van der Waals surface area contributed by atoms with Crippen LogP contribution in [0.15, 0.2) is 53.1 Å². The molecular formula is C23H28N4O3. The maximum absolute atomic E-state index is 12.1. The summed E-state index contributed by atoms with van der Waals surface area (Å²) in [6.07, 6.45) is 0.823. The van der Waals surface area contributed by atoms with E-state index in [-0.39, 0.29) is 18.4 Å². The van der Waals surface area contributed by atoms with Crippen LogP contribution in [0.2, 0.25) is 0 Å². The zero-order chi connectivity index (χ0) is 21.5. The summed E-state index contributed by atoms with van der Waals surface area (Å²) in [5.41, 5.74) is 2.99. The second-order valence-electron chi connectivity index (χ2n) is 7.54. The Balaban J connectivity index is 1.46. The van der Waals surface area contributed by atoms with Crippen molar-refractivity contribution in [1.29, 1.82) is 0 Å². The van der Waals surface area contributed by atoms with Crippen molar-refractivity contribution in [2.75, 3.05) is 19.0 Å². The SMILES string of the molecule is CC(C)Oc1ccc(CNC(=O)CCc2nc(-c3ccc(N(C)C)cc3)no2)cc1. The highest BCUT2D eigenvalue weighted by Crippen LogP contribution is 2.20. The van der Waals surface area contributed by atoms with Gasteiger partial charge in [0, 0.05) is 44.7 Å². The summed E-state index contributed by atoms with van der Waals surface area (Å²) < 4.78 is 10.9. The summed E-state index contributed by atoms with van der Waals surface area (Å²) in [6, 6.07) is 15.6. The lowest BCUT2D eigenvalue weighted by molar-refractivity contribution is -0.121. The predicted molar refractivity (Wildman–Crippen MR) is 116 cm³/mol. The summed E-state index contributed by atoms with van der Waals surface area (Å²) in [6.45, 7) is 4.44. The van der Waals surface area contributed by atoms with Crippen LogP contribution >= 0.6 is 0 Å². The van der Waals surface area contributed by atoms with E-state index in [1.807, 2.05) is 81.4 Å². The molecule has 158 valence electrons. The molecule has 0 aliphatic heterocycles. The fourth-order valence-corrected chi connectivity index (χ4v) is 2.85. The van der Waals surface area contributed by atoms with Gasteiger partial charge in [0.1, 0.15) is 5.75 Å².